The van der Waals surface area contributed by atoms with Gasteiger partial charge in [-0.05, 0) is 63.9 Å². The van der Waals surface area contributed by atoms with Crippen LogP contribution in [0.4, 0.5) is 0 Å². The molecule has 0 bridgehead atoms. The molecule has 3 unspecified atom stereocenters. The van der Waals surface area contributed by atoms with Gasteiger partial charge in [-0.2, -0.15) is 0 Å². The summed E-state index contributed by atoms with van der Waals surface area (Å²) < 4.78 is 30.5. The highest BCUT2D eigenvalue weighted by molar-refractivity contribution is 7.45. The molecule has 0 rings (SSSR count). The third-order valence-corrected chi connectivity index (χ3v) is 18.0. The number of unbranched alkanes of at least 4 members (excludes halogenated alkanes) is 49. The molecule has 0 aromatic heterocycles. The van der Waals surface area contributed by atoms with Crippen LogP contribution in [-0.2, 0) is 27.9 Å². The Labute approximate surface area is 529 Å². The van der Waals surface area contributed by atoms with Gasteiger partial charge in [0.25, 0.3) is 7.82 Å². The Hall–Kier alpha value is -1.77. The van der Waals surface area contributed by atoms with E-state index in [0.717, 1.165) is 64.2 Å². The van der Waals surface area contributed by atoms with Gasteiger partial charge in [-0.1, -0.05) is 340 Å². The molecule has 1 N–H and O–H groups in total. The summed E-state index contributed by atoms with van der Waals surface area (Å²) in [4.78, 5) is 40.2. The van der Waals surface area contributed by atoms with E-state index in [4.69, 9.17) is 13.8 Å². The fraction of sp³-hybridized carbons (Fsp3) is 0.893. The number of allylic oxidation sites excluding steroid dienone is 5. The monoisotopic (exact) mass is 1220 g/mol. The van der Waals surface area contributed by atoms with Crippen molar-refractivity contribution in [2.45, 2.75) is 392 Å². The number of nitrogens with zero attached hydrogens (tertiary/aromatic N) is 1. The number of carbonyl (C=O) groups is 2. The van der Waals surface area contributed by atoms with Gasteiger partial charge in [0.15, 0.2) is 0 Å². The van der Waals surface area contributed by atoms with Crippen molar-refractivity contribution in [2.75, 3.05) is 40.9 Å². The van der Waals surface area contributed by atoms with Crippen molar-refractivity contribution >= 4 is 19.7 Å². The molecule has 0 saturated heterocycles. The molecule has 0 heterocycles. The van der Waals surface area contributed by atoms with Crippen molar-refractivity contribution < 1.29 is 37.3 Å². The molecule has 0 aromatic rings. The second-order valence-corrected chi connectivity index (χ2v) is 28.2. The van der Waals surface area contributed by atoms with Crippen LogP contribution in [0.25, 0.3) is 0 Å². The molecular weight excluding hydrogens is 1070 g/mol. The number of rotatable bonds is 69. The number of phosphoric ester groups is 1. The average Bonchev–Trinajstić information content (AvgIpc) is 3.50. The number of hydrogen-bond acceptors (Lipinski definition) is 7. The van der Waals surface area contributed by atoms with E-state index in [2.05, 4.69) is 50.4 Å². The quantitative estimate of drug-likeness (QED) is 0.0212. The SMILES string of the molecule is CCCCC/C=C\C/C=C\CCCCCCCCCCCCCCCCCCCC(=O)OC(/C=C/CCCCCCCCCCCCC)C(COP(=O)([O-])OCC[N+](C)(C)C)NC(=O)CCCCCCCCCCCCCCCCCCCCC. The van der Waals surface area contributed by atoms with Crippen molar-refractivity contribution in [3.05, 3.63) is 36.5 Å². The first-order chi connectivity index (χ1) is 41.4. The molecule has 0 aromatic carbocycles. The molecule has 0 aliphatic rings. The number of quaternary nitrogens is 1. The molecule has 0 aliphatic carbocycles. The Morgan fingerprint density at radius 2 is 0.718 bits per heavy atom. The maximum Gasteiger partial charge on any atom is 0.306 e. The lowest BCUT2D eigenvalue weighted by atomic mass is 10.0. The predicted molar refractivity (Wildman–Crippen MR) is 367 cm³/mol. The number of hydrogen-bond donors (Lipinski definition) is 1. The molecule has 10 heteroatoms. The van der Waals surface area contributed by atoms with Gasteiger partial charge < -0.3 is 28.5 Å². The Kier molecular flexibility index (Phi) is 63.8. The molecule has 0 saturated carbocycles. The molecule has 502 valence electrons. The number of esters is 1. The normalized spacial score (nSPS) is 13.6. The summed E-state index contributed by atoms with van der Waals surface area (Å²) in [6.45, 7) is 6.89. The molecule has 0 fully saturated rings. The van der Waals surface area contributed by atoms with E-state index in [9.17, 15) is 19.0 Å². The smallest absolute Gasteiger partial charge is 0.306 e. The van der Waals surface area contributed by atoms with Crippen molar-refractivity contribution in [2.24, 2.45) is 0 Å². The third-order valence-electron chi connectivity index (χ3n) is 17.1. The number of likely N-dealkylation sites (N-methyl/N-ethyl adjacent to an activating group) is 1. The highest BCUT2D eigenvalue weighted by Gasteiger charge is 2.27. The summed E-state index contributed by atoms with van der Waals surface area (Å²) in [6, 6.07) is -0.884. The number of phosphoric acid groups is 1. The zero-order valence-electron chi connectivity index (χ0n) is 57.6. The van der Waals surface area contributed by atoms with Crippen molar-refractivity contribution in [1.82, 2.24) is 5.32 Å². The molecule has 9 nitrogen and oxygen atoms in total. The molecule has 1 amide bonds. The molecule has 85 heavy (non-hydrogen) atoms. The summed E-state index contributed by atoms with van der Waals surface area (Å²) in [7, 11) is 1.21. The lowest BCUT2D eigenvalue weighted by Gasteiger charge is -2.30. The average molecular weight is 1220 g/mol. The van der Waals surface area contributed by atoms with E-state index in [-0.39, 0.29) is 31.5 Å². The lowest BCUT2D eigenvalue weighted by Crippen LogP contribution is -2.47. The van der Waals surface area contributed by atoms with Crippen LogP contribution in [0.2, 0.25) is 0 Å². The van der Waals surface area contributed by atoms with E-state index in [1.807, 2.05) is 33.3 Å². The summed E-state index contributed by atoms with van der Waals surface area (Å²) in [5.74, 6) is -0.516. The minimum Gasteiger partial charge on any atom is -0.756 e. The number of nitrogens with one attached hydrogen (secondary N) is 1. The molecule has 3 atom stereocenters. The standard InChI is InChI=1S/C75H145N2O7P/c1-7-10-13-16-19-22-25-28-30-32-34-35-36-37-38-39-40-41-43-45-47-50-53-56-59-62-65-68-75(79)84-73(66-63-60-57-54-51-48-27-24-21-18-15-12-9-3)72(71-83-85(80,81)82-70-69-77(4,5)6)76-74(78)67-64-61-58-55-52-49-46-44-42-33-31-29-26-23-20-17-14-11-8-2/h19,22,28,30,63,66,72-73H,7-18,20-21,23-27,29,31-62,64-65,67-71H2,1-6H3,(H-,76,78,80,81)/b22-19-,30-28-,66-63+. The minimum absolute atomic E-state index is 0.0183. The fourth-order valence-corrected chi connectivity index (χ4v) is 12.0. The van der Waals surface area contributed by atoms with Crippen molar-refractivity contribution in [1.29, 1.82) is 0 Å². The first-order valence-electron chi connectivity index (χ1n) is 37.3. The van der Waals surface area contributed by atoms with Gasteiger partial charge in [-0.15, -0.1) is 0 Å². The third kappa shape index (κ3) is 66.5. The van der Waals surface area contributed by atoms with Gasteiger partial charge in [-0.3, -0.25) is 14.2 Å². The van der Waals surface area contributed by atoms with E-state index in [0.29, 0.717) is 17.4 Å². The van der Waals surface area contributed by atoms with Gasteiger partial charge in [0.1, 0.15) is 19.3 Å². The fourth-order valence-electron chi connectivity index (χ4n) is 11.3. The maximum atomic E-state index is 13.6. The van der Waals surface area contributed by atoms with Crippen LogP contribution in [0.15, 0.2) is 36.5 Å². The topological polar surface area (TPSA) is 114 Å². The highest BCUT2D eigenvalue weighted by Crippen LogP contribution is 2.38. The predicted octanol–water partition coefficient (Wildman–Crippen LogP) is 23.2. The molecule has 0 aliphatic heterocycles. The zero-order valence-corrected chi connectivity index (χ0v) is 58.5. The van der Waals surface area contributed by atoms with Gasteiger partial charge in [0, 0.05) is 12.8 Å². The second kappa shape index (κ2) is 65.2. The Morgan fingerprint density at radius 3 is 1.08 bits per heavy atom. The van der Waals surface area contributed by atoms with E-state index < -0.39 is 20.0 Å². The van der Waals surface area contributed by atoms with Crippen LogP contribution >= 0.6 is 7.82 Å². The molecular formula is C75H145N2O7P. The maximum absolute atomic E-state index is 13.6. The summed E-state index contributed by atoms with van der Waals surface area (Å²) in [5.41, 5.74) is 0. The summed E-state index contributed by atoms with van der Waals surface area (Å²) in [5, 5.41) is 3.06. The van der Waals surface area contributed by atoms with Crippen LogP contribution in [-0.4, -0.2) is 69.4 Å². The van der Waals surface area contributed by atoms with Crippen LogP contribution in [0.1, 0.15) is 380 Å². The van der Waals surface area contributed by atoms with Crippen LogP contribution in [0, 0.1) is 0 Å². The number of ether oxygens (including phenoxy) is 1. The van der Waals surface area contributed by atoms with Gasteiger partial charge in [0.05, 0.1) is 33.8 Å². The van der Waals surface area contributed by atoms with Crippen LogP contribution < -0.4 is 10.2 Å². The second-order valence-electron chi connectivity index (χ2n) is 26.8. The van der Waals surface area contributed by atoms with Crippen LogP contribution in [0.3, 0.4) is 0 Å². The summed E-state index contributed by atoms with van der Waals surface area (Å²) in [6.07, 6.45) is 81.3. The number of carbonyl (C=O) groups excluding carboxylic acids is 2. The Morgan fingerprint density at radius 1 is 0.412 bits per heavy atom. The zero-order chi connectivity index (χ0) is 62.1. The van der Waals surface area contributed by atoms with Crippen molar-refractivity contribution in [3.63, 3.8) is 0 Å². The van der Waals surface area contributed by atoms with Gasteiger partial charge >= 0.3 is 5.97 Å². The summed E-state index contributed by atoms with van der Waals surface area (Å²) >= 11 is 0. The molecule has 0 radical (unpaired) electrons. The van der Waals surface area contributed by atoms with Gasteiger partial charge in [0.2, 0.25) is 5.91 Å². The van der Waals surface area contributed by atoms with E-state index >= 15 is 0 Å². The Bertz CT molecular complexity index is 1550. The lowest BCUT2D eigenvalue weighted by molar-refractivity contribution is -0.870. The van der Waals surface area contributed by atoms with Crippen LogP contribution in [0.5, 0.6) is 0 Å². The highest BCUT2D eigenvalue weighted by atomic mass is 31.2. The Balaban J connectivity index is 4.98. The first kappa shape index (κ1) is 83.2. The van der Waals surface area contributed by atoms with E-state index in [1.165, 1.54) is 283 Å². The van der Waals surface area contributed by atoms with E-state index in [1.54, 1.807) is 0 Å². The first-order valence-corrected chi connectivity index (χ1v) is 38.8. The van der Waals surface area contributed by atoms with Crippen molar-refractivity contribution in [3.8, 4) is 0 Å². The number of amides is 1. The van der Waals surface area contributed by atoms with Gasteiger partial charge in [-0.25, -0.2) is 0 Å². The largest absolute Gasteiger partial charge is 0.756 e. The molecule has 0 spiro atoms. The minimum atomic E-state index is -4.70.